The minimum Gasteiger partial charge on any atom is -0.480 e. The summed E-state index contributed by atoms with van der Waals surface area (Å²) < 4.78 is 5.70. The van der Waals surface area contributed by atoms with Crippen molar-refractivity contribution in [1.29, 1.82) is 0 Å². The van der Waals surface area contributed by atoms with Crippen LogP contribution in [-0.2, 0) is 9.59 Å². The summed E-state index contributed by atoms with van der Waals surface area (Å²) in [5.41, 5.74) is 4.99. The third kappa shape index (κ3) is 6.71. The number of carbonyl (C=O) groups is 2. The fraction of sp³-hybridized carbons (Fsp3) is 0.182. The summed E-state index contributed by atoms with van der Waals surface area (Å²) in [5.74, 6) is 1.62. The Labute approximate surface area is 229 Å². The van der Waals surface area contributed by atoms with E-state index in [0.717, 1.165) is 21.9 Å². The van der Waals surface area contributed by atoms with Crippen LogP contribution in [0, 0.1) is 18.3 Å². The largest absolute Gasteiger partial charge is 0.480 e. The van der Waals surface area contributed by atoms with E-state index in [4.69, 9.17) is 11.2 Å². The van der Waals surface area contributed by atoms with E-state index in [0.29, 0.717) is 11.3 Å². The molecule has 0 saturated heterocycles. The average molecular weight is 518 g/mol. The van der Waals surface area contributed by atoms with Crippen molar-refractivity contribution < 1.29 is 14.3 Å². The van der Waals surface area contributed by atoms with Gasteiger partial charge in [-0.2, -0.15) is 5.10 Å². The monoisotopic (exact) mass is 517 g/mol. The summed E-state index contributed by atoms with van der Waals surface area (Å²) in [4.78, 5) is 26.8. The van der Waals surface area contributed by atoms with Gasteiger partial charge >= 0.3 is 0 Å². The van der Waals surface area contributed by atoms with E-state index in [-0.39, 0.29) is 18.4 Å². The summed E-state index contributed by atoms with van der Waals surface area (Å²) >= 11 is 0. The first-order valence-electron chi connectivity index (χ1n) is 12.8. The van der Waals surface area contributed by atoms with Crippen molar-refractivity contribution in [2.75, 3.05) is 6.61 Å². The Kier molecular flexibility index (Phi) is 9.10. The lowest BCUT2D eigenvalue weighted by atomic mass is 9.89. The van der Waals surface area contributed by atoms with E-state index in [1.54, 1.807) is 6.21 Å². The molecule has 4 rings (SSSR count). The van der Waals surface area contributed by atoms with Crippen molar-refractivity contribution >= 4 is 28.8 Å². The molecular weight excluding hydrogens is 486 g/mol. The normalized spacial score (nSPS) is 11.9. The van der Waals surface area contributed by atoms with Crippen molar-refractivity contribution in [2.45, 2.75) is 25.8 Å². The number of amides is 2. The summed E-state index contributed by atoms with van der Waals surface area (Å²) in [6.07, 6.45) is 6.92. The smallest absolute Gasteiger partial charge is 0.262 e. The molecule has 6 nitrogen and oxygen atoms in total. The van der Waals surface area contributed by atoms with Crippen LogP contribution >= 0.6 is 0 Å². The number of hydrogen-bond donors (Lipinski definition) is 2. The number of hydrogen-bond acceptors (Lipinski definition) is 4. The highest BCUT2D eigenvalue weighted by molar-refractivity contribution is 6.03. The molecule has 0 spiro atoms. The maximum atomic E-state index is 13.6. The van der Waals surface area contributed by atoms with Gasteiger partial charge in [-0.25, -0.2) is 5.43 Å². The van der Waals surface area contributed by atoms with Gasteiger partial charge in [0.1, 0.15) is 18.4 Å². The number of nitrogens with one attached hydrogen (secondary N) is 2. The predicted octanol–water partition coefficient (Wildman–Crippen LogP) is 5.27. The fourth-order valence-corrected chi connectivity index (χ4v) is 4.44. The van der Waals surface area contributed by atoms with Gasteiger partial charge in [-0.05, 0) is 33.9 Å². The zero-order valence-electron chi connectivity index (χ0n) is 22.0. The molecule has 1 atom stereocenters. The molecule has 0 radical (unpaired) electrons. The molecule has 0 aromatic heterocycles. The standard InChI is InChI=1S/C33H31N3O3/c1-4-21-39-29-20-19-24-13-11-12-18-27(24)28(29)22-34-36-33(38)31(23(2)3)35-32(37)30(25-14-7-5-8-15-25)26-16-9-6-10-17-26/h1,5-20,22-23,30-31H,21H2,2-3H3,(H,35,37)(H,36,38)/b34-22-/t31-/m0/s1. The van der Waals surface area contributed by atoms with Crippen LogP contribution in [0.2, 0.25) is 0 Å². The highest BCUT2D eigenvalue weighted by atomic mass is 16.5. The lowest BCUT2D eigenvalue weighted by Crippen LogP contribution is -2.50. The molecule has 2 amide bonds. The molecule has 0 aliphatic rings. The van der Waals surface area contributed by atoms with Crippen molar-refractivity contribution in [3.8, 4) is 18.1 Å². The van der Waals surface area contributed by atoms with Gasteiger partial charge in [0.2, 0.25) is 5.91 Å². The second kappa shape index (κ2) is 13.1. The second-order valence-electron chi connectivity index (χ2n) is 9.41. The summed E-state index contributed by atoms with van der Waals surface area (Å²) in [6, 6.07) is 29.8. The molecule has 4 aromatic carbocycles. The van der Waals surface area contributed by atoms with E-state index >= 15 is 0 Å². The lowest BCUT2D eigenvalue weighted by Gasteiger charge is -2.24. The number of nitrogens with zero attached hydrogens (tertiary/aromatic N) is 1. The van der Waals surface area contributed by atoms with Crippen molar-refractivity contribution in [2.24, 2.45) is 11.0 Å². The maximum absolute atomic E-state index is 13.6. The van der Waals surface area contributed by atoms with E-state index in [1.807, 2.05) is 111 Å². The molecule has 0 aliphatic heterocycles. The van der Waals surface area contributed by atoms with Gasteiger partial charge in [0.25, 0.3) is 5.91 Å². The van der Waals surface area contributed by atoms with Crippen LogP contribution in [0.15, 0.2) is 102 Å². The zero-order chi connectivity index (χ0) is 27.6. The minimum atomic E-state index is -0.797. The molecular formula is C33H31N3O3. The first kappa shape index (κ1) is 27.2. The maximum Gasteiger partial charge on any atom is 0.262 e. The topological polar surface area (TPSA) is 79.8 Å². The molecule has 0 aliphatic carbocycles. The molecule has 0 unspecified atom stereocenters. The number of hydrazone groups is 1. The second-order valence-corrected chi connectivity index (χ2v) is 9.41. The minimum absolute atomic E-state index is 0.108. The number of terminal acetylenes is 1. The SMILES string of the molecule is C#CCOc1ccc2ccccc2c1/C=N\NC(=O)[C@@H](NC(=O)C(c1ccccc1)c1ccccc1)C(C)C. The van der Waals surface area contributed by atoms with Gasteiger partial charge < -0.3 is 10.1 Å². The Bertz CT molecular complexity index is 1450. The Morgan fingerprint density at radius 1 is 0.872 bits per heavy atom. The number of ether oxygens (including phenoxy) is 1. The van der Waals surface area contributed by atoms with Crippen LogP contribution < -0.4 is 15.5 Å². The van der Waals surface area contributed by atoms with Gasteiger partial charge in [0.05, 0.1) is 12.1 Å². The molecule has 6 heteroatoms. The molecule has 39 heavy (non-hydrogen) atoms. The molecule has 196 valence electrons. The molecule has 4 aromatic rings. The average Bonchev–Trinajstić information content (AvgIpc) is 2.96. The molecule has 0 heterocycles. The summed E-state index contributed by atoms with van der Waals surface area (Å²) in [6.45, 7) is 3.87. The van der Waals surface area contributed by atoms with Crippen LogP contribution in [0.5, 0.6) is 5.75 Å². The van der Waals surface area contributed by atoms with E-state index in [2.05, 4.69) is 21.8 Å². The van der Waals surface area contributed by atoms with Crippen LogP contribution in [0.1, 0.15) is 36.5 Å². The Hall–Kier alpha value is -4.89. The van der Waals surface area contributed by atoms with Gasteiger partial charge in [-0.15, -0.1) is 6.42 Å². The lowest BCUT2D eigenvalue weighted by molar-refractivity contribution is -0.130. The van der Waals surface area contributed by atoms with Gasteiger partial charge in [-0.3, -0.25) is 9.59 Å². The van der Waals surface area contributed by atoms with Crippen LogP contribution in [0.4, 0.5) is 0 Å². The summed E-state index contributed by atoms with van der Waals surface area (Å²) in [7, 11) is 0. The van der Waals surface area contributed by atoms with Crippen molar-refractivity contribution in [1.82, 2.24) is 10.7 Å². The third-order valence-electron chi connectivity index (χ3n) is 6.38. The third-order valence-corrected chi connectivity index (χ3v) is 6.38. The zero-order valence-corrected chi connectivity index (χ0v) is 22.0. The highest BCUT2D eigenvalue weighted by Gasteiger charge is 2.29. The first-order chi connectivity index (χ1) is 19.0. The van der Waals surface area contributed by atoms with Crippen molar-refractivity contribution in [3.05, 3.63) is 114 Å². The predicted molar refractivity (Wildman–Crippen MR) is 156 cm³/mol. The molecule has 0 fully saturated rings. The Morgan fingerprint density at radius 2 is 1.49 bits per heavy atom. The number of rotatable bonds is 10. The molecule has 0 saturated carbocycles. The Morgan fingerprint density at radius 3 is 2.10 bits per heavy atom. The summed E-state index contributed by atoms with van der Waals surface area (Å²) in [5, 5.41) is 9.09. The molecule has 0 bridgehead atoms. The quantitative estimate of drug-likeness (QED) is 0.171. The number of fused-ring (bicyclic) bond motifs is 1. The van der Waals surface area contributed by atoms with E-state index in [9.17, 15) is 9.59 Å². The van der Waals surface area contributed by atoms with E-state index in [1.165, 1.54) is 0 Å². The van der Waals surface area contributed by atoms with Gasteiger partial charge in [0, 0.05) is 5.56 Å². The Balaban J connectivity index is 1.55. The van der Waals surface area contributed by atoms with Crippen molar-refractivity contribution in [3.63, 3.8) is 0 Å². The number of carbonyl (C=O) groups excluding carboxylic acids is 2. The fourth-order valence-electron chi connectivity index (χ4n) is 4.44. The molecule has 2 N–H and O–H groups in total. The van der Waals surface area contributed by atoms with Gasteiger partial charge in [-0.1, -0.05) is 111 Å². The first-order valence-corrected chi connectivity index (χ1v) is 12.8. The van der Waals surface area contributed by atoms with Crippen LogP contribution in [0.25, 0.3) is 10.8 Å². The van der Waals surface area contributed by atoms with E-state index < -0.39 is 17.9 Å². The van der Waals surface area contributed by atoms with Crippen LogP contribution in [0.3, 0.4) is 0 Å². The van der Waals surface area contributed by atoms with Crippen LogP contribution in [-0.4, -0.2) is 30.7 Å². The number of benzene rings is 4. The van der Waals surface area contributed by atoms with Gasteiger partial charge in [0.15, 0.2) is 0 Å². The highest BCUT2D eigenvalue weighted by Crippen LogP contribution is 2.27.